The summed E-state index contributed by atoms with van der Waals surface area (Å²) in [6.07, 6.45) is 1.67. The number of benzene rings is 1. The molecule has 17 heavy (non-hydrogen) atoms. The quantitative estimate of drug-likeness (QED) is 0.881. The molecule has 0 aliphatic rings. The third kappa shape index (κ3) is 3.00. The molecule has 0 aliphatic heterocycles. The molecule has 0 radical (unpaired) electrons. The van der Waals surface area contributed by atoms with Gasteiger partial charge in [0.1, 0.15) is 17.5 Å². The van der Waals surface area contributed by atoms with E-state index in [-0.39, 0.29) is 12.1 Å². The summed E-state index contributed by atoms with van der Waals surface area (Å²) in [6.45, 7) is 2.15. The molecule has 1 N–H and O–H groups in total. The predicted octanol–water partition coefficient (Wildman–Crippen LogP) is 3.28. The van der Waals surface area contributed by atoms with Crippen molar-refractivity contribution in [1.29, 1.82) is 0 Å². The molecule has 2 nitrogen and oxygen atoms in total. The van der Waals surface area contributed by atoms with Gasteiger partial charge in [-0.1, -0.05) is 0 Å². The van der Waals surface area contributed by atoms with Crippen molar-refractivity contribution in [1.82, 2.24) is 4.98 Å². The molecule has 2 rings (SSSR count). The van der Waals surface area contributed by atoms with Gasteiger partial charge in [0.05, 0.1) is 0 Å². The van der Waals surface area contributed by atoms with Crippen LogP contribution in [0.2, 0.25) is 0 Å². The molecular formula is C13H12F2N2. The second-order valence-electron chi connectivity index (χ2n) is 3.81. The van der Waals surface area contributed by atoms with Crippen molar-refractivity contribution < 1.29 is 8.78 Å². The summed E-state index contributed by atoms with van der Waals surface area (Å²) in [7, 11) is 0. The van der Waals surface area contributed by atoms with Crippen molar-refractivity contribution in [3.63, 3.8) is 0 Å². The highest BCUT2D eigenvalue weighted by molar-refractivity contribution is 5.38. The molecule has 2 aromatic rings. The van der Waals surface area contributed by atoms with Crippen molar-refractivity contribution in [2.24, 2.45) is 0 Å². The van der Waals surface area contributed by atoms with Gasteiger partial charge in [0, 0.05) is 18.3 Å². The van der Waals surface area contributed by atoms with E-state index in [1.807, 2.05) is 19.1 Å². The van der Waals surface area contributed by atoms with Gasteiger partial charge in [-0.2, -0.15) is 0 Å². The number of hydrogen-bond donors (Lipinski definition) is 1. The smallest absolute Gasteiger partial charge is 0.128 e. The van der Waals surface area contributed by atoms with Crippen molar-refractivity contribution in [3.05, 3.63) is 59.3 Å². The van der Waals surface area contributed by atoms with E-state index < -0.39 is 11.6 Å². The summed E-state index contributed by atoms with van der Waals surface area (Å²) in [5.41, 5.74) is 1.34. The molecule has 1 aromatic carbocycles. The number of nitrogens with one attached hydrogen (secondary N) is 1. The lowest BCUT2D eigenvalue weighted by Gasteiger charge is -2.07. The molecule has 0 amide bonds. The average molecular weight is 234 g/mol. The lowest BCUT2D eigenvalue weighted by atomic mass is 10.2. The summed E-state index contributed by atoms with van der Waals surface area (Å²) in [5.74, 6) is -0.222. The molecule has 88 valence electrons. The monoisotopic (exact) mass is 234 g/mol. The van der Waals surface area contributed by atoms with E-state index in [2.05, 4.69) is 10.3 Å². The fraction of sp³-hybridized carbons (Fsp3) is 0.154. The zero-order valence-electron chi connectivity index (χ0n) is 9.37. The van der Waals surface area contributed by atoms with E-state index >= 15 is 0 Å². The molecule has 0 saturated carbocycles. The van der Waals surface area contributed by atoms with Crippen LogP contribution in [0.25, 0.3) is 0 Å². The SMILES string of the molecule is Cc1ccnc(NCc2cc(F)ccc2F)c1. The number of pyridine rings is 1. The third-order valence-electron chi connectivity index (χ3n) is 2.38. The van der Waals surface area contributed by atoms with Gasteiger partial charge in [-0.05, 0) is 42.8 Å². The first kappa shape index (κ1) is 11.5. The number of anilines is 1. The van der Waals surface area contributed by atoms with Crippen LogP contribution < -0.4 is 5.32 Å². The zero-order chi connectivity index (χ0) is 12.3. The van der Waals surface area contributed by atoms with Crippen LogP contribution in [0.15, 0.2) is 36.5 Å². The van der Waals surface area contributed by atoms with Gasteiger partial charge in [0.15, 0.2) is 0 Å². The summed E-state index contributed by atoms with van der Waals surface area (Å²) < 4.78 is 26.3. The van der Waals surface area contributed by atoms with E-state index in [0.717, 1.165) is 17.7 Å². The molecule has 0 fully saturated rings. The van der Waals surface area contributed by atoms with Gasteiger partial charge in [0.25, 0.3) is 0 Å². The molecule has 0 atom stereocenters. The topological polar surface area (TPSA) is 24.9 Å². The van der Waals surface area contributed by atoms with Crippen LogP contribution in [-0.2, 0) is 6.54 Å². The summed E-state index contributed by atoms with van der Waals surface area (Å²) in [4.78, 5) is 4.08. The van der Waals surface area contributed by atoms with E-state index in [9.17, 15) is 8.78 Å². The summed E-state index contributed by atoms with van der Waals surface area (Å²) in [5, 5.41) is 2.95. The number of aryl methyl sites for hydroxylation is 1. The summed E-state index contributed by atoms with van der Waals surface area (Å²) >= 11 is 0. The van der Waals surface area contributed by atoms with Crippen LogP contribution in [0.5, 0.6) is 0 Å². The highest BCUT2D eigenvalue weighted by Crippen LogP contribution is 2.12. The van der Waals surface area contributed by atoms with Crippen molar-refractivity contribution in [2.45, 2.75) is 13.5 Å². The fourth-order valence-electron chi connectivity index (χ4n) is 1.50. The normalized spacial score (nSPS) is 10.3. The highest BCUT2D eigenvalue weighted by atomic mass is 19.1. The Bertz CT molecular complexity index is 527. The summed E-state index contributed by atoms with van der Waals surface area (Å²) in [6, 6.07) is 7.11. The maximum Gasteiger partial charge on any atom is 0.128 e. The largest absolute Gasteiger partial charge is 0.366 e. The van der Waals surface area contributed by atoms with Crippen LogP contribution in [-0.4, -0.2) is 4.98 Å². The predicted molar refractivity (Wildman–Crippen MR) is 62.7 cm³/mol. The van der Waals surface area contributed by atoms with Gasteiger partial charge in [-0.15, -0.1) is 0 Å². The Morgan fingerprint density at radius 2 is 2.00 bits per heavy atom. The van der Waals surface area contributed by atoms with E-state index in [4.69, 9.17) is 0 Å². The van der Waals surface area contributed by atoms with Crippen molar-refractivity contribution >= 4 is 5.82 Å². The molecule has 0 bridgehead atoms. The first-order valence-electron chi connectivity index (χ1n) is 5.25. The standard InChI is InChI=1S/C13H12F2N2/c1-9-4-5-16-13(6-9)17-8-10-7-11(14)2-3-12(10)15/h2-7H,8H2,1H3,(H,16,17). The Morgan fingerprint density at radius 3 is 2.76 bits per heavy atom. The van der Waals surface area contributed by atoms with Gasteiger partial charge in [-0.3, -0.25) is 0 Å². The molecule has 0 aliphatic carbocycles. The lowest BCUT2D eigenvalue weighted by molar-refractivity contribution is 0.587. The van der Waals surface area contributed by atoms with Gasteiger partial charge in [0.2, 0.25) is 0 Å². The lowest BCUT2D eigenvalue weighted by Crippen LogP contribution is -2.03. The minimum absolute atomic E-state index is 0.208. The van der Waals surface area contributed by atoms with Crippen LogP contribution in [0.1, 0.15) is 11.1 Å². The molecule has 0 spiro atoms. The minimum Gasteiger partial charge on any atom is -0.366 e. The van der Waals surface area contributed by atoms with E-state index in [1.54, 1.807) is 6.20 Å². The number of halogens is 2. The van der Waals surface area contributed by atoms with Gasteiger partial charge < -0.3 is 5.32 Å². The number of hydrogen-bond acceptors (Lipinski definition) is 2. The fourth-order valence-corrected chi connectivity index (χ4v) is 1.50. The first-order chi connectivity index (χ1) is 8.15. The van der Waals surface area contributed by atoms with Gasteiger partial charge in [-0.25, -0.2) is 13.8 Å². The minimum atomic E-state index is -0.444. The second kappa shape index (κ2) is 4.91. The Kier molecular flexibility index (Phi) is 3.32. The van der Waals surface area contributed by atoms with Crippen LogP contribution >= 0.6 is 0 Å². The first-order valence-corrected chi connectivity index (χ1v) is 5.25. The van der Waals surface area contributed by atoms with E-state index in [0.29, 0.717) is 5.82 Å². The Labute approximate surface area is 98.3 Å². The molecule has 0 saturated heterocycles. The molecule has 1 aromatic heterocycles. The maximum atomic E-state index is 13.3. The van der Waals surface area contributed by atoms with Crippen LogP contribution in [0.3, 0.4) is 0 Å². The van der Waals surface area contributed by atoms with Crippen molar-refractivity contribution in [3.8, 4) is 0 Å². The van der Waals surface area contributed by atoms with Crippen molar-refractivity contribution in [2.75, 3.05) is 5.32 Å². The average Bonchev–Trinajstić information content (AvgIpc) is 2.30. The van der Waals surface area contributed by atoms with Gasteiger partial charge >= 0.3 is 0 Å². The third-order valence-corrected chi connectivity index (χ3v) is 2.38. The number of aromatic nitrogens is 1. The van der Waals surface area contributed by atoms with E-state index in [1.165, 1.54) is 6.07 Å². The zero-order valence-corrected chi connectivity index (χ0v) is 9.37. The molecular weight excluding hydrogens is 222 g/mol. The number of rotatable bonds is 3. The molecule has 4 heteroatoms. The second-order valence-corrected chi connectivity index (χ2v) is 3.81. The Balaban J connectivity index is 2.09. The Hall–Kier alpha value is -1.97. The van der Waals surface area contributed by atoms with Crippen LogP contribution in [0.4, 0.5) is 14.6 Å². The molecule has 1 heterocycles. The highest BCUT2D eigenvalue weighted by Gasteiger charge is 2.03. The molecule has 0 unspecified atom stereocenters. The number of nitrogens with zero attached hydrogens (tertiary/aromatic N) is 1. The van der Waals surface area contributed by atoms with Crippen LogP contribution in [0, 0.1) is 18.6 Å². The maximum absolute atomic E-state index is 13.3. The Morgan fingerprint density at radius 1 is 1.18 bits per heavy atom.